The van der Waals surface area contributed by atoms with Crippen LogP contribution in [-0.4, -0.2) is 48.2 Å². The van der Waals surface area contributed by atoms with Crippen LogP contribution in [0.1, 0.15) is 23.0 Å². The number of carbonyl (C=O) groups excluding carboxylic acids is 2. The Kier molecular flexibility index (Phi) is 6.38. The molecule has 0 aliphatic carbocycles. The van der Waals surface area contributed by atoms with Crippen LogP contribution in [0.25, 0.3) is 0 Å². The van der Waals surface area contributed by atoms with Crippen LogP contribution in [0.15, 0.2) is 6.20 Å². The molecule has 1 rings (SSSR count). The van der Waals surface area contributed by atoms with Crippen molar-refractivity contribution in [1.82, 2.24) is 9.97 Å². The molecule has 1 amide bonds. The second-order valence-electron chi connectivity index (χ2n) is 3.86. The van der Waals surface area contributed by atoms with E-state index in [1.807, 2.05) is 0 Å². The summed E-state index contributed by atoms with van der Waals surface area (Å²) in [7, 11) is 0. The van der Waals surface area contributed by atoms with Crippen molar-refractivity contribution in [1.29, 1.82) is 0 Å². The normalized spacial score (nSPS) is 10.1. The summed E-state index contributed by atoms with van der Waals surface area (Å²) >= 11 is 0. The molecule has 0 saturated heterocycles. The van der Waals surface area contributed by atoms with Crippen molar-refractivity contribution in [2.24, 2.45) is 5.73 Å². The maximum absolute atomic E-state index is 11.6. The summed E-state index contributed by atoms with van der Waals surface area (Å²) in [6.45, 7) is 4.33. The predicted octanol–water partition coefficient (Wildman–Crippen LogP) is -0.124. The Labute approximate surface area is 116 Å². The quantitative estimate of drug-likeness (QED) is 0.504. The molecule has 0 aliphatic heterocycles. The van der Waals surface area contributed by atoms with Gasteiger partial charge in [0.05, 0.1) is 24.5 Å². The van der Waals surface area contributed by atoms with Gasteiger partial charge >= 0.3 is 5.97 Å². The molecule has 20 heavy (non-hydrogen) atoms. The summed E-state index contributed by atoms with van der Waals surface area (Å²) in [6.07, 6.45) is 1.41. The summed E-state index contributed by atoms with van der Waals surface area (Å²) in [5.74, 6) is -0.588. The molecule has 0 bridgehead atoms. The van der Waals surface area contributed by atoms with Crippen molar-refractivity contribution in [2.75, 3.05) is 31.7 Å². The first-order valence-corrected chi connectivity index (χ1v) is 6.15. The van der Waals surface area contributed by atoms with Gasteiger partial charge in [-0.25, -0.2) is 14.8 Å². The molecule has 0 aliphatic rings. The molecule has 3 N–H and O–H groups in total. The Balaban J connectivity index is 2.47. The summed E-state index contributed by atoms with van der Waals surface area (Å²) in [5, 5.41) is 2.91. The average molecular weight is 282 g/mol. The SMILES string of the molecule is CCOC(=O)c1cnc(NCCOCC(N)=O)nc1C. The molecule has 0 aromatic carbocycles. The van der Waals surface area contributed by atoms with Crippen LogP contribution in [0.5, 0.6) is 0 Å². The third kappa shape index (κ3) is 5.19. The minimum Gasteiger partial charge on any atom is -0.462 e. The largest absolute Gasteiger partial charge is 0.462 e. The predicted molar refractivity (Wildman–Crippen MR) is 71.2 cm³/mol. The van der Waals surface area contributed by atoms with Gasteiger partial charge in [0.2, 0.25) is 11.9 Å². The minimum absolute atomic E-state index is 0.122. The Morgan fingerprint density at radius 1 is 1.45 bits per heavy atom. The summed E-state index contributed by atoms with van der Waals surface area (Å²) in [4.78, 5) is 30.1. The Morgan fingerprint density at radius 3 is 2.80 bits per heavy atom. The standard InChI is InChI=1S/C12H18N4O4/c1-3-20-11(18)9-6-15-12(16-8(9)2)14-4-5-19-7-10(13)17/h6H,3-5,7H2,1-2H3,(H2,13,17)(H,14,15,16). The number of ether oxygens (including phenoxy) is 2. The van der Waals surface area contributed by atoms with Crippen molar-refractivity contribution >= 4 is 17.8 Å². The van der Waals surface area contributed by atoms with Gasteiger partial charge in [0.25, 0.3) is 0 Å². The van der Waals surface area contributed by atoms with Crippen LogP contribution in [0.3, 0.4) is 0 Å². The molecule has 0 fully saturated rings. The number of nitrogens with zero attached hydrogens (tertiary/aromatic N) is 2. The fourth-order valence-corrected chi connectivity index (χ4v) is 1.37. The molecule has 1 aromatic rings. The van der Waals surface area contributed by atoms with Gasteiger partial charge in [-0.1, -0.05) is 0 Å². The van der Waals surface area contributed by atoms with E-state index in [4.69, 9.17) is 15.2 Å². The van der Waals surface area contributed by atoms with E-state index >= 15 is 0 Å². The Morgan fingerprint density at radius 2 is 2.20 bits per heavy atom. The van der Waals surface area contributed by atoms with Crippen LogP contribution in [0, 0.1) is 6.92 Å². The monoisotopic (exact) mass is 282 g/mol. The van der Waals surface area contributed by atoms with E-state index < -0.39 is 11.9 Å². The van der Waals surface area contributed by atoms with Gasteiger partial charge in [-0.05, 0) is 13.8 Å². The van der Waals surface area contributed by atoms with Gasteiger partial charge in [0.15, 0.2) is 0 Å². The fourth-order valence-electron chi connectivity index (χ4n) is 1.37. The molecule has 0 radical (unpaired) electrons. The summed E-state index contributed by atoms with van der Waals surface area (Å²) in [5.41, 5.74) is 5.78. The maximum Gasteiger partial charge on any atom is 0.341 e. The zero-order valence-electron chi connectivity index (χ0n) is 11.5. The second-order valence-corrected chi connectivity index (χ2v) is 3.86. The second kappa shape index (κ2) is 8.05. The number of primary amides is 1. The van der Waals surface area contributed by atoms with E-state index in [0.29, 0.717) is 37.0 Å². The molecule has 8 heteroatoms. The highest BCUT2D eigenvalue weighted by molar-refractivity contribution is 5.90. The van der Waals surface area contributed by atoms with Crippen molar-refractivity contribution < 1.29 is 19.1 Å². The molecule has 1 aromatic heterocycles. The topological polar surface area (TPSA) is 116 Å². The van der Waals surface area contributed by atoms with Crippen LogP contribution in [0.4, 0.5) is 5.95 Å². The van der Waals surface area contributed by atoms with Gasteiger partial charge in [-0.15, -0.1) is 0 Å². The van der Waals surface area contributed by atoms with Gasteiger partial charge in [0.1, 0.15) is 6.61 Å². The number of hydrogen-bond donors (Lipinski definition) is 2. The zero-order valence-corrected chi connectivity index (χ0v) is 11.5. The lowest BCUT2D eigenvalue weighted by Crippen LogP contribution is -2.21. The lowest BCUT2D eigenvalue weighted by atomic mass is 10.2. The summed E-state index contributed by atoms with van der Waals surface area (Å²) < 4.78 is 9.86. The minimum atomic E-state index is -0.518. The van der Waals surface area contributed by atoms with Gasteiger partial charge in [0, 0.05) is 12.7 Å². The fraction of sp³-hybridized carbons (Fsp3) is 0.500. The van der Waals surface area contributed by atoms with Crippen LogP contribution in [0.2, 0.25) is 0 Å². The molecule has 8 nitrogen and oxygen atoms in total. The van der Waals surface area contributed by atoms with Crippen LogP contribution in [-0.2, 0) is 14.3 Å². The smallest absolute Gasteiger partial charge is 0.341 e. The number of esters is 1. The van der Waals surface area contributed by atoms with E-state index in [-0.39, 0.29) is 6.61 Å². The van der Waals surface area contributed by atoms with Crippen LogP contribution < -0.4 is 11.1 Å². The number of rotatable bonds is 8. The number of aryl methyl sites for hydroxylation is 1. The highest BCUT2D eigenvalue weighted by atomic mass is 16.5. The first-order chi connectivity index (χ1) is 9.54. The lowest BCUT2D eigenvalue weighted by Gasteiger charge is -2.08. The van der Waals surface area contributed by atoms with E-state index in [2.05, 4.69) is 15.3 Å². The van der Waals surface area contributed by atoms with Crippen molar-refractivity contribution in [2.45, 2.75) is 13.8 Å². The molecule has 0 atom stereocenters. The number of carbonyl (C=O) groups is 2. The molecule has 0 unspecified atom stereocenters. The van der Waals surface area contributed by atoms with Crippen molar-refractivity contribution in [3.8, 4) is 0 Å². The van der Waals surface area contributed by atoms with E-state index in [0.717, 1.165) is 0 Å². The molecular weight excluding hydrogens is 264 g/mol. The maximum atomic E-state index is 11.6. The molecule has 1 heterocycles. The first kappa shape index (κ1) is 15.8. The van der Waals surface area contributed by atoms with Gasteiger partial charge in [-0.2, -0.15) is 0 Å². The molecule has 0 spiro atoms. The van der Waals surface area contributed by atoms with Crippen LogP contribution >= 0.6 is 0 Å². The zero-order chi connectivity index (χ0) is 15.0. The highest BCUT2D eigenvalue weighted by Gasteiger charge is 2.12. The third-order valence-electron chi connectivity index (χ3n) is 2.25. The lowest BCUT2D eigenvalue weighted by molar-refractivity contribution is -0.122. The van der Waals surface area contributed by atoms with Crippen molar-refractivity contribution in [3.63, 3.8) is 0 Å². The molecular formula is C12H18N4O4. The van der Waals surface area contributed by atoms with E-state index in [9.17, 15) is 9.59 Å². The van der Waals surface area contributed by atoms with E-state index in [1.54, 1.807) is 13.8 Å². The number of amides is 1. The number of nitrogens with one attached hydrogen (secondary N) is 1. The number of anilines is 1. The molecule has 0 saturated carbocycles. The van der Waals surface area contributed by atoms with E-state index in [1.165, 1.54) is 6.20 Å². The Hall–Kier alpha value is -2.22. The number of aromatic nitrogens is 2. The third-order valence-corrected chi connectivity index (χ3v) is 2.25. The Bertz CT molecular complexity index is 479. The van der Waals surface area contributed by atoms with Gasteiger partial charge < -0.3 is 20.5 Å². The number of nitrogens with two attached hydrogens (primary N) is 1. The highest BCUT2D eigenvalue weighted by Crippen LogP contribution is 2.08. The van der Waals surface area contributed by atoms with Crippen molar-refractivity contribution in [3.05, 3.63) is 17.5 Å². The molecule has 110 valence electrons. The van der Waals surface area contributed by atoms with Gasteiger partial charge in [-0.3, -0.25) is 4.79 Å². The first-order valence-electron chi connectivity index (χ1n) is 6.15. The average Bonchev–Trinajstić information content (AvgIpc) is 2.38. The number of hydrogen-bond acceptors (Lipinski definition) is 7. The summed E-state index contributed by atoms with van der Waals surface area (Å²) in [6, 6.07) is 0.